The van der Waals surface area contributed by atoms with Crippen molar-refractivity contribution in [1.29, 1.82) is 0 Å². The summed E-state index contributed by atoms with van der Waals surface area (Å²) in [6, 6.07) is 12.2. The number of benzene rings is 2. The molecule has 2 aromatic heterocycles. The minimum absolute atomic E-state index is 0.0649. The third-order valence-electron chi connectivity index (χ3n) is 5.93. The molecule has 6 rings (SSSR count). The van der Waals surface area contributed by atoms with Crippen LogP contribution in [0.2, 0.25) is 0 Å². The number of aryl methyl sites for hydroxylation is 2. The highest BCUT2D eigenvalue weighted by Crippen LogP contribution is 2.36. The van der Waals surface area contributed by atoms with Gasteiger partial charge in [0.15, 0.2) is 23.0 Å². The summed E-state index contributed by atoms with van der Waals surface area (Å²) >= 11 is 0. The molecule has 1 amide bonds. The lowest BCUT2D eigenvalue weighted by atomic mass is 10.1. The SMILES string of the molecule is Cc1cc(C)n(CC(=O)Nc2ccc3c(c2)OCO3)c(=O)c1-c1nc(-c2ccc3c(c2)OCO3)no1. The molecule has 36 heavy (non-hydrogen) atoms. The quantitative estimate of drug-likeness (QED) is 0.450. The van der Waals surface area contributed by atoms with Crippen LogP contribution in [0.3, 0.4) is 0 Å². The van der Waals surface area contributed by atoms with Gasteiger partial charge in [0, 0.05) is 23.0 Å². The van der Waals surface area contributed by atoms with E-state index in [9.17, 15) is 9.59 Å². The minimum Gasteiger partial charge on any atom is -0.454 e. The van der Waals surface area contributed by atoms with Gasteiger partial charge < -0.3 is 33.4 Å². The maximum atomic E-state index is 13.4. The molecule has 0 bridgehead atoms. The predicted molar refractivity (Wildman–Crippen MR) is 126 cm³/mol. The first kappa shape index (κ1) is 21.7. The van der Waals surface area contributed by atoms with E-state index in [0.717, 1.165) is 0 Å². The van der Waals surface area contributed by atoms with Crippen LogP contribution in [0.5, 0.6) is 23.0 Å². The van der Waals surface area contributed by atoms with E-state index in [1.165, 1.54) is 4.57 Å². The molecule has 11 nitrogen and oxygen atoms in total. The van der Waals surface area contributed by atoms with Gasteiger partial charge >= 0.3 is 0 Å². The Bertz CT molecular complexity index is 1570. The van der Waals surface area contributed by atoms with Gasteiger partial charge in [0.05, 0.1) is 0 Å². The van der Waals surface area contributed by atoms with Crippen molar-refractivity contribution in [2.24, 2.45) is 0 Å². The van der Waals surface area contributed by atoms with Crippen molar-refractivity contribution in [3.05, 3.63) is 64.1 Å². The lowest BCUT2D eigenvalue weighted by molar-refractivity contribution is -0.116. The fraction of sp³-hybridized carbons (Fsp3) is 0.200. The number of aromatic nitrogens is 3. The van der Waals surface area contributed by atoms with E-state index in [0.29, 0.717) is 51.3 Å². The maximum Gasteiger partial charge on any atom is 0.264 e. The van der Waals surface area contributed by atoms with E-state index < -0.39 is 5.56 Å². The summed E-state index contributed by atoms with van der Waals surface area (Å²) in [6.07, 6.45) is 0. The van der Waals surface area contributed by atoms with Gasteiger partial charge in [-0.25, -0.2) is 0 Å². The molecule has 0 spiro atoms. The second-order valence-electron chi connectivity index (χ2n) is 8.34. The number of hydrogen-bond donors (Lipinski definition) is 1. The topological polar surface area (TPSA) is 127 Å². The van der Waals surface area contributed by atoms with Gasteiger partial charge in [0.25, 0.3) is 11.4 Å². The van der Waals surface area contributed by atoms with Crippen LogP contribution in [0.4, 0.5) is 5.69 Å². The van der Waals surface area contributed by atoms with E-state index in [2.05, 4.69) is 15.5 Å². The Balaban J connectivity index is 1.27. The van der Waals surface area contributed by atoms with E-state index in [-0.39, 0.29) is 37.5 Å². The summed E-state index contributed by atoms with van der Waals surface area (Å²) in [7, 11) is 0. The highest BCUT2D eigenvalue weighted by molar-refractivity contribution is 5.91. The van der Waals surface area contributed by atoms with Crippen molar-refractivity contribution in [1.82, 2.24) is 14.7 Å². The average Bonchev–Trinajstić information content (AvgIpc) is 3.61. The summed E-state index contributed by atoms with van der Waals surface area (Å²) < 4.78 is 28.2. The van der Waals surface area contributed by atoms with Crippen LogP contribution in [0.1, 0.15) is 11.3 Å². The van der Waals surface area contributed by atoms with Crippen LogP contribution in [-0.2, 0) is 11.3 Å². The van der Waals surface area contributed by atoms with Gasteiger partial charge in [-0.1, -0.05) is 5.16 Å². The fourth-order valence-electron chi connectivity index (χ4n) is 4.18. The second-order valence-corrected chi connectivity index (χ2v) is 8.34. The normalized spacial score (nSPS) is 13.2. The molecular formula is C25H20N4O7. The molecule has 2 aliphatic heterocycles. The Hall–Kier alpha value is -4.80. The van der Waals surface area contributed by atoms with Crippen molar-refractivity contribution in [2.45, 2.75) is 20.4 Å². The first-order valence-corrected chi connectivity index (χ1v) is 11.1. The Labute approximate surface area is 204 Å². The van der Waals surface area contributed by atoms with E-state index >= 15 is 0 Å². The van der Waals surface area contributed by atoms with Gasteiger partial charge in [-0.2, -0.15) is 4.98 Å². The number of carbonyl (C=O) groups is 1. The Morgan fingerprint density at radius 1 is 0.944 bits per heavy atom. The molecule has 0 unspecified atom stereocenters. The van der Waals surface area contributed by atoms with Crippen molar-refractivity contribution in [3.8, 4) is 45.8 Å². The second kappa shape index (κ2) is 8.45. The first-order chi connectivity index (χ1) is 17.5. The molecule has 4 aromatic rings. The molecule has 0 atom stereocenters. The first-order valence-electron chi connectivity index (χ1n) is 11.1. The zero-order valence-electron chi connectivity index (χ0n) is 19.4. The van der Waals surface area contributed by atoms with Crippen LogP contribution in [0.15, 0.2) is 51.8 Å². The zero-order chi connectivity index (χ0) is 24.8. The van der Waals surface area contributed by atoms with Crippen LogP contribution >= 0.6 is 0 Å². The number of amides is 1. The van der Waals surface area contributed by atoms with Crippen LogP contribution in [-0.4, -0.2) is 34.2 Å². The van der Waals surface area contributed by atoms with Crippen molar-refractivity contribution >= 4 is 11.6 Å². The smallest absolute Gasteiger partial charge is 0.264 e. The number of pyridine rings is 1. The molecule has 0 saturated heterocycles. The highest BCUT2D eigenvalue weighted by Gasteiger charge is 2.22. The van der Waals surface area contributed by atoms with Gasteiger partial charge in [-0.05, 0) is 55.8 Å². The van der Waals surface area contributed by atoms with Gasteiger partial charge in [-0.3, -0.25) is 9.59 Å². The molecule has 0 radical (unpaired) electrons. The lowest BCUT2D eigenvalue weighted by Gasteiger charge is -2.13. The van der Waals surface area contributed by atoms with Gasteiger partial charge in [0.1, 0.15) is 12.1 Å². The third kappa shape index (κ3) is 3.80. The molecule has 182 valence electrons. The fourth-order valence-corrected chi connectivity index (χ4v) is 4.18. The van der Waals surface area contributed by atoms with Crippen molar-refractivity contribution in [3.63, 3.8) is 0 Å². The van der Waals surface area contributed by atoms with E-state index in [1.807, 2.05) is 0 Å². The molecule has 0 saturated carbocycles. The number of rotatable bonds is 5. The summed E-state index contributed by atoms with van der Waals surface area (Å²) in [6.45, 7) is 3.64. The molecule has 1 N–H and O–H groups in total. The predicted octanol–water partition coefficient (Wildman–Crippen LogP) is 3.28. The minimum atomic E-state index is -0.408. The molecule has 0 fully saturated rings. The summed E-state index contributed by atoms with van der Waals surface area (Å²) in [4.78, 5) is 30.7. The molecule has 4 heterocycles. The number of carbonyl (C=O) groups excluding carboxylic acids is 1. The molecule has 2 aliphatic rings. The number of hydrogen-bond acceptors (Lipinski definition) is 9. The van der Waals surface area contributed by atoms with Crippen LogP contribution in [0, 0.1) is 13.8 Å². The number of nitrogens with zero attached hydrogens (tertiary/aromatic N) is 3. The number of ether oxygens (including phenoxy) is 4. The van der Waals surface area contributed by atoms with Crippen molar-refractivity contribution < 1.29 is 28.3 Å². The molecule has 0 aliphatic carbocycles. The average molecular weight is 488 g/mol. The Morgan fingerprint density at radius 3 is 2.42 bits per heavy atom. The Morgan fingerprint density at radius 2 is 1.64 bits per heavy atom. The third-order valence-corrected chi connectivity index (χ3v) is 5.93. The summed E-state index contributed by atoms with van der Waals surface area (Å²) in [5, 5.41) is 6.82. The molecular weight excluding hydrogens is 468 g/mol. The number of anilines is 1. The van der Waals surface area contributed by atoms with Gasteiger partial charge in [0.2, 0.25) is 25.3 Å². The maximum absolute atomic E-state index is 13.4. The standard InChI is InChI=1S/C25H20N4O7/c1-13-7-14(2)29(10-21(30)26-16-4-6-18-20(9-16)35-12-33-18)25(31)22(13)24-27-23(28-36-24)15-3-5-17-19(8-15)34-11-32-17/h3-9H,10-12H2,1-2H3,(H,26,30). The van der Waals surface area contributed by atoms with Crippen LogP contribution in [0.25, 0.3) is 22.8 Å². The van der Waals surface area contributed by atoms with Crippen molar-refractivity contribution in [2.75, 3.05) is 18.9 Å². The molecule has 11 heteroatoms. The monoisotopic (exact) mass is 488 g/mol. The van der Waals surface area contributed by atoms with Gasteiger partial charge in [-0.15, -0.1) is 0 Å². The number of nitrogens with one attached hydrogen (secondary N) is 1. The number of fused-ring (bicyclic) bond motifs is 2. The van der Waals surface area contributed by atoms with E-state index in [4.69, 9.17) is 23.5 Å². The summed E-state index contributed by atoms with van der Waals surface area (Å²) in [5.74, 6) is 2.38. The summed E-state index contributed by atoms with van der Waals surface area (Å²) in [5.41, 5.74) is 2.30. The van der Waals surface area contributed by atoms with Crippen LogP contribution < -0.4 is 29.8 Å². The largest absolute Gasteiger partial charge is 0.454 e. The lowest BCUT2D eigenvalue weighted by Crippen LogP contribution is -2.30. The zero-order valence-corrected chi connectivity index (χ0v) is 19.4. The Kier molecular flexibility index (Phi) is 5.10. The highest BCUT2D eigenvalue weighted by atomic mass is 16.7. The van der Waals surface area contributed by atoms with E-state index in [1.54, 1.807) is 56.3 Å². The molecule has 2 aromatic carbocycles.